The minimum Gasteiger partial charge on any atom is -0.329 e. The zero-order chi connectivity index (χ0) is 11.9. The van der Waals surface area contributed by atoms with Crippen LogP contribution in [0.25, 0.3) is 0 Å². The first-order valence-corrected chi connectivity index (χ1v) is 6.83. The molecule has 0 rings (SSSR count). The summed E-state index contributed by atoms with van der Waals surface area (Å²) in [5.41, 5.74) is 5.42. The molecule has 15 heavy (non-hydrogen) atoms. The van der Waals surface area contributed by atoms with E-state index in [1.54, 1.807) is 0 Å². The quantitative estimate of drug-likeness (QED) is 0.589. The van der Waals surface area contributed by atoms with Gasteiger partial charge in [0.2, 0.25) is 0 Å². The van der Waals surface area contributed by atoms with Crippen LogP contribution in [0, 0.1) is 5.92 Å². The first kappa shape index (κ1) is 14.8. The van der Waals surface area contributed by atoms with Crippen LogP contribution < -0.4 is 5.73 Å². The molecule has 0 saturated carbocycles. The van der Waals surface area contributed by atoms with Gasteiger partial charge >= 0.3 is 0 Å². The van der Waals surface area contributed by atoms with Gasteiger partial charge in [-0.15, -0.1) is 0 Å². The minimum atomic E-state index is -3.86. The van der Waals surface area contributed by atoms with E-state index in [0.717, 1.165) is 13.0 Å². The largest absolute Gasteiger partial charge is 0.329 e. The van der Waals surface area contributed by atoms with Crippen molar-refractivity contribution in [2.24, 2.45) is 11.7 Å². The van der Waals surface area contributed by atoms with Crippen molar-refractivity contribution in [3.8, 4) is 0 Å². The standard InChI is InChI=1S/C9H22N2O3S/c1-9(2)3-5-11(6-4-10)7-8-15(12,13)14/h9H,3-8,10H2,1-2H3,(H,12,13,14). The van der Waals surface area contributed by atoms with E-state index in [2.05, 4.69) is 13.8 Å². The molecule has 0 saturated heterocycles. The van der Waals surface area contributed by atoms with E-state index < -0.39 is 10.1 Å². The highest BCUT2D eigenvalue weighted by molar-refractivity contribution is 7.85. The number of hydrogen-bond acceptors (Lipinski definition) is 4. The lowest BCUT2D eigenvalue weighted by Gasteiger charge is -2.21. The second-order valence-corrected chi connectivity index (χ2v) is 5.67. The molecule has 0 aliphatic carbocycles. The van der Waals surface area contributed by atoms with Gasteiger partial charge in [-0.25, -0.2) is 0 Å². The van der Waals surface area contributed by atoms with Crippen LogP contribution in [-0.2, 0) is 10.1 Å². The molecule has 0 amide bonds. The Morgan fingerprint density at radius 2 is 1.87 bits per heavy atom. The van der Waals surface area contributed by atoms with Gasteiger partial charge < -0.3 is 10.6 Å². The molecule has 0 unspecified atom stereocenters. The highest BCUT2D eigenvalue weighted by Crippen LogP contribution is 2.02. The van der Waals surface area contributed by atoms with E-state index in [1.807, 2.05) is 4.90 Å². The third-order valence-electron chi connectivity index (χ3n) is 2.13. The third-order valence-corrected chi connectivity index (χ3v) is 2.83. The molecular weight excluding hydrogens is 216 g/mol. The molecule has 6 heteroatoms. The summed E-state index contributed by atoms with van der Waals surface area (Å²) in [4.78, 5) is 1.97. The molecule has 0 aliphatic rings. The van der Waals surface area contributed by atoms with E-state index in [0.29, 0.717) is 25.6 Å². The summed E-state index contributed by atoms with van der Waals surface area (Å²) in [7, 11) is -3.86. The maximum absolute atomic E-state index is 10.6. The van der Waals surface area contributed by atoms with Crippen LogP contribution in [-0.4, -0.2) is 49.8 Å². The molecule has 5 nitrogen and oxygen atoms in total. The Kier molecular flexibility index (Phi) is 7.08. The van der Waals surface area contributed by atoms with Gasteiger partial charge in [-0.05, 0) is 18.9 Å². The van der Waals surface area contributed by atoms with Crippen molar-refractivity contribution in [2.45, 2.75) is 20.3 Å². The van der Waals surface area contributed by atoms with Crippen LogP contribution in [0.4, 0.5) is 0 Å². The zero-order valence-corrected chi connectivity index (χ0v) is 10.3. The fraction of sp³-hybridized carbons (Fsp3) is 1.00. The van der Waals surface area contributed by atoms with Crippen molar-refractivity contribution in [1.82, 2.24) is 4.90 Å². The van der Waals surface area contributed by atoms with E-state index in [9.17, 15) is 8.42 Å². The van der Waals surface area contributed by atoms with Gasteiger partial charge in [0.25, 0.3) is 10.1 Å². The van der Waals surface area contributed by atoms with Crippen LogP contribution in [0.1, 0.15) is 20.3 Å². The van der Waals surface area contributed by atoms with Gasteiger partial charge in [0.1, 0.15) is 0 Å². The summed E-state index contributed by atoms with van der Waals surface area (Å²) in [6.45, 7) is 6.58. The molecule has 92 valence electrons. The number of nitrogens with zero attached hydrogens (tertiary/aromatic N) is 1. The Hall–Kier alpha value is -0.170. The molecule has 3 N–H and O–H groups in total. The number of rotatable bonds is 8. The number of nitrogens with two attached hydrogens (primary N) is 1. The van der Waals surface area contributed by atoms with Crippen molar-refractivity contribution < 1.29 is 13.0 Å². The minimum absolute atomic E-state index is 0.217. The predicted molar refractivity (Wildman–Crippen MR) is 61.4 cm³/mol. The van der Waals surface area contributed by atoms with Gasteiger partial charge in [0.15, 0.2) is 0 Å². The Bertz CT molecular complexity index is 252. The Morgan fingerprint density at radius 1 is 1.27 bits per heavy atom. The average molecular weight is 238 g/mol. The highest BCUT2D eigenvalue weighted by atomic mass is 32.2. The van der Waals surface area contributed by atoms with Crippen LogP contribution in [0.5, 0.6) is 0 Å². The lowest BCUT2D eigenvalue weighted by atomic mass is 10.1. The summed E-state index contributed by atoms with van der Waals surface area (Å²) in [5, 5.41) is 0. The Labute approximate surface area is 92.4 Å². The number of hydrogen-bond donors (Lipinski definition) is 2. The molecule has 0 spiro atoms. The lowest BCUT2D eigenvalue weighted by molar-refractivity contribution is 0.276. The summed E-state index contributed by atoms with van der Waals surface area (Å²) in [6, 6.07) is 0. The van der Waals surface area contributed by atoms with Gasteiger partial charge in [-0.3, -0.25) is 4.55 Å². The first-order valence-electron chi connectivity index (χ1n) is 5.22. The van der Waals surface area contributed by atoms with Crippen LogP contribution >= 0.6 is 0 Å². The fourth-order valence-electron chi connectivity index (χ4n) is 1.20. The van der Waals surface area contributed by atoms with Crippen molar-refractivity contribution >= 4 is 10.1 Å². The van der Waals surface area contributed by atoms with Crippen LogP contribution in [0.2, 0.25) is 0 Å². The summed E-state index contributed by atoms with van der Waals surface area (Å²) in [5.74, 6) is 0.362. The topological polar surface area (TPSA) is 83.6 Å². The second kappa shape index (κ2) is 7.16. The molecule has 0 heterocycles. The van der Waals surface area contributed by atoms with Crippen molar-refractivity contribution in [3.63, 3.8) is 0 Å². The molecule has 0 aliphatic heterocycles. The van der Waals surface area contributed by atoms with E-state index in [1.165, 1.54) is 0 Å². The van der Waals surface area contributed by atoms with Gasteiger partial charge in [-0.1, -0.05) is 13.8 Å². The van der Waals surface area contributed by atoms with E-state index >= 15 is 0 Å². The Balaban J connectivity index is 3.93. The molecule has 0 radical (unpaired) electrons. The average Bonchev–Trinajstić information content (AvgIpc) is 2.08. The molecule has 0 aromatic carbocycles. The zero-order valence-electron chi connectivity index (χ0n) is 9.52. The molecule has 0 bridgehead atoms. The summed E-state index contributed by atoms with van der Waals surface area (Å²) < 4.78 is 29.8. The predicted octanol–water partition coefficient (Wildman–Crippen LogP) is 0.181. The SMILES string of the molecule is CC(C)CCN(CCN)CCS(=O)(=O)O. The second-order valence-electron chi connectivity index (χ2n) is 4.10. The normalized spacial score (nSPS) is 12.7. The smallest absolute Gasteiger partial charge is 0.266 e. The van der Waals surface area contributed by atoms with E-state index in [-0.39, 0.29) is 5.75 Å². The van der Waals surface area contributed by atoms with Crippen LogP contribution in [0.3, 0.4) is 0 Å². The fourth-order valence-corrected chi connectivity index (χ4v) is 1.69. The first-order chi connectivity index (χ1) is 6.85. The maximum atomic E-state index is 10.6. The van der Waals surface area contributed by atoms with Gasteiger partial charge in [0, 0.05) is 19.6 Å². The lowest BCUT2D eigenvalue weighted by Crippen LogP contribution is -2.34. The molecular formula is C9H22N2O3S. The summed E-state index contributed by atoms with van der Waals surface area (Å²) in [6.07, 6.45) is 1.01. The van der Waals surface area contributed by atoms with Crippen molar-refractivity contribution in [1.29, 1.82) is 0 Å². The van der Waals surface area contributed by atoms with E-state index in [4.69, 9.17) is 10.3 Å². The highest BCUT2D eigenvalue weighted by Gasteiger charge is 2.10. The molecule has 0 aromatic heterocycles. The van der Waals surface area contributed by atoms with Crippen molar-refractivity contribution in [2.75, 3.05) is 31.9 Å². The molecule has 0 atom stereocenters. The van der Waals surface area contributed by atoms with Crippen LogP contribution in [0.15, 0.2) is 0 Å². The summed E-state index contributed by atoms with van der Waals surface area (Å²) >= 11 is 0. The third kappa shape index (κ3) is 10.1. The molecule has 0 aromatic rings. The maximum Gasteiger partial charge on any atom is 0.266 e. The van der Waals surface area contributed by atoms with Gasteiger partial charge in [0.05, 0.1) is 5.75 Å². The monoisotopic (exact) mass is 238 g/mol. The van der Waals surface area contributed by atoms with Gasteiger partial charge in [-0.2, -0.15) is 8.42 Å². The Morgan fingerprint density at radius 3 is 2.27 bits per heavy atom. The van der Waals surface area contributed by atoms with Crippen molar-refractivity contribution in [3.05, 3.63) is 0 Å². The molecule has 0 fully saturated rings.